The first-order chi connectivity index (χ1) is 10.1. The van der Waals surface area contributed by atoms with Crippen molar-refractivity contribution >= 4 is 22.9 Å². The first-order valence-corrected chi connectivity index (χ1v) is 8.83. The van der Waals surface area contributed by atoms with E-state index in [1.807, 2.05) is 0 Å². The number of nitrogens with zero attached hydrogens (tertiary/aromatic N) is 2. The van der Waals surface area contributed by atoms with Gasteiger partial charge in [0.05, 0.1) is 10.7 Å². The smallest absolute Gasteiger partial charge is 0.0644 e. The minimum atomic E-state index is 0.237. The molecule has 0 spiro atoms. The van der Waals surface area contributed by atoms with Crippen molar-refractivity contribution in [3.05, 3.63) is 38.8 Å². The van der Waals surface area contributed by atoms with Gasteiger partial charge in [0.15, 0.2) is 0 Å². The van der Waals surface area contributed by atoms with Crippen LogP contribution in [0.4, 0.5) is 0 Å². The van der Waals surface area contributed by atoms with Gasteiger partial charge in [-0.15, -0.1) is 11.3 Å². The molecule has 2 rings (SSSR count). The second-order valence-corrected chi connectivity index (χ2v) is 6.74. The Morgan fingerprint density at radius 3 is 2.76 bits per heavy atom. The summed E-state index contributed by atoms with van der Waals surface area (Å²) in [6.45, 7) is 9.48. The third kappa shape index (κ3) is 3.87. The Labute approximate surface area is 136 Å². The standard InChI is InChI=1S/C16H24ClN3S/c1-5-12(4)20-8-7-13(19-20)9-14(18-6-2)16-15(17)11(3)10-21-16/h7-8,10,12,14,18H,5-6,9H2,1-4H3. The number of rotatable bonds is 7. The van der Waals surface area contributed by atoms with Gasteiger partial charge in [-0.25, -0.2) is 0 Å². The van der Waals surface area contributed by atoms with Gasteiger partial charge in [0.1, 0.15) is 0 Å². The highest BCUT2D eigenvalue weighted by Crippen LogP contribution is 2.33. The summed E-state index contributed by atoms with van der Waals surface area (Å²) in [6.07, 6.45) is 4.04. The molecule has 2 heterocycles. The van der Waals surface area contributed by atoms with Crippen LogP contribution in [0.2, 0.25) is 5.02 Å². The molecule has 1 N–H and O–H groups in total. The van der Waals surface area contributed by atoms with E-state index in [0.29, 0.717) is 6.04 Å². The molecular weight excluding hydrogens is 302 g/mol. The molecule has 0 bridgehead atoms. The van der Waals surface area contributed by atoms with Crippen molar-refractivity contribution < 1.29 is 0 Å². The Bertz CT molecular complexity index is 576. The number of aryl methyl sites for hydroxylation is 1. The molecule has 2 atom stereocenters. The summed E-state index contributed by atoms with van der Waals surface area (Å²) in [5, 5.41) is 11.3. The number of thiophene rings is 1. The third-order valence-electron chi connectivity index (χ3n) is 3.81. The zero-order valence-corrected chi connectivity index (χ0v) is 14.8. The Kier molecular flexibility index (Phi) is 5.85. The van der Waals surface area contributed by atoms with Crippen LogP contribution in [-0.4, -0.2) is 16.3 Å². The summed E-state index contributed by atoms with van der Waals surface area (Å²) in [4.78, 5) is 1.22. The Hall–Kier alpha value is -0.840. The molecule has 0 saturated carbocycles. The largest absolute Gasteiger partial charge is 0.309 e. The average Bonchev–Trinajstić information content (AvgIpc) is 3.06. The topological polar surface area (TPSA) is 29.9 Å². The summed E-state index contributed by atoms with van der Waals surface area (Å²) in [6, 6.07) is 2.80. The third-order valence-corrected chi connectivity index (χ3v) is 5.64. The maximum absolute atomic E-state index is 6.43. The molecule has 2 aromatic heterocycles. The molecule has 116 valence electrons. The summed E-state index contributed by atoms with van der Waals surface area (Å²) >= 11 is 8.16. The Morgan fingerprint density at radius 2 is 2.19 bits per heavy atom. The molecule has 0 amide bonds. The highest BCUT2D eigenvalue weighted by Gasteiger charge is 2.19. The number of likely N-dealkylation sites (N-methyl/N-ethyl adjacent to an activating group) is 1. The van der Waals surface area contributed by atoms with E-state index in [1.54, 1.807) is 11.3 Å². The van der Waals surface area contributed by atoms with Gasteiger partial charge in [-0.05, 0) is 43.8 Å². The van der Waals surface area contributed by atoms with Gasteiger partial charge < -0.3 is 5.32 Å². The highest BCUT2D eigenvalue weighted by molar-refractivity contribution is 7.10. The predicted octanol–water partition coefficient (Wildman–Crippen LogP) is 4.77. The average molecular weight is 326 g/mol. The fourth-order valence-corrected chi connectivity index (χ4v) is 3.72. The summed E-state index contributed by atoms with van der Waals surface area (Å²) in [5.41, 5.74) is 2.27. The molecule has 2 aromatic rings. The van der Waals surface area contributed by atoms with Crippen molar-refractivity contribution in [2.24, 2.45) is 0 Å². The molecule has 0 aliphatic carbocycles. The van der Waals surface area contributed by atoms with E-state index in [1.165, 1.54) is 4.88 Å². The normalized spacial score (nSPS) is 14.3. The lowest BCUT2D eigenvalue weighted by atomic mass is 10.1. The molecule has 0 aromatic carbocycles. The summed E-state index contributed by atoms with van der Waals surface area (Å²) < 4.78 is 2.06. The van der Waals surface area contributed by atoms with Crippen molar-refractivity contribution in [3.8, 4) is 0 Å². The Morgan fingerprint density at radius 1 is 1.43 bits per heavy atom. The van der Waals surface area contributed by atoms with Crippen molar-refractivity contribution in [1.29, 1.82) is 0 Å². The van der Waals surface area contributed by atoms with Gasteiger partial charge in [-0.3, -0.25) is 4.68 Å². The fraction of sp³-hybridized carbons (Fsp3) is 0.562. The molecule has 21 heavy (non-hydrogen) atoms. The van der Waals surface area contributed by atoms with E-state index in [0.717, 1.165) is 35.7 Å². The van der Waals surface area contributed by atoms with Crippen LogP contribution in [0.1, 0.15) is 55.4 Å². The minimum absolute atomic E-state index is 0.237. The van der Waals surface area contributed by atoms with Crippen molar-refractivity contribution in [1.82, 2.24) is 15.1 Å². The minimum Gasteiger partial charge on any atom is -0.309 e. The maximum atomic E-state index is 6.43. The molecular formula is C16H24ClN3S. The van der Waals surface area contributed by atoms with Crippen LogP contribution >= 0.6 is 22.9 Å². The molecule has 3 nitrogen and oxygen atoms in total. The highest BCUT2D eigenvalue weighted by atomic mass is 35.5. The lowest BCUT2D eigenvalue weighted by Gasteiger charge is -2.16. The SMILES string of the molecule is CCNC(Cc1ccn(C(C)CC)n1)c1scc(C)c1Cl. The lowest BCUT2D eigenvalue weighted by Crippen LogP contribution is -2.22. The zero-order valence-electron chi connectivity index (χ0n) is 13.2. The Balaban J connectivity index is 2.16. The summed E-state index contributed by atoms with van der Waals surface area (Å²) in [7, 11) is 0. The van der Waals surface area contributed by atoms with Crippen LogP contribution in [0.5, 0.6) is 0 Å². The van der Waals surface area contributed by atoms with Gasteiger partial charge in [-0.1, -0.05) is 25.4 Å². The van der Waals surface area contributed by atoms with Gasteiger partial charge >= 0.3 is 0 Å². The molecule has 0 radical (unpaired) electrons. The van der Waals surface area contributed by atoms with E-state index in [2.05, 4.69) is 55.3 Å². The second kappa shape index (κ2) is 7.43. The van der Waals surface area contributed by atoms with Gasteiger partial charge in [0.2, 0.25) is 0 Å². The number of halogens is 1. The van der Waals surface area contributed by atoms with E-state index in [4.69, 9.17) is 16.7 Å². The number of aromatic nitrogens is 2. The van der Waals surface area contributed by atoms with Crippen LogP contribution in [0.15, 0.2) is 17.6 Å². The van der Waals surface area contributed by atoms with Gasteiger partial charge in [0.25, 0.3) is 0 Å². The van der Waals surface area contributed by atoms with Crippen molar-refractivity contribution in [2.45, 2.75) is 52.6 Å². The molecule has 0 aliphatic heterocycles. The van der Waals surface area contributed by atoms with Gasteiger partial charge in [-0.2, -0.15) is 5.10 Å². The van der Waals surface area contributed by atoms with Crippen LogP contribution in [0.25, 0.3) is 0 Å². The quantitative estimate of drug-likeness (QED) is 0.794. The first-order valence-electron chi connectivity index (χ1n) is 7.57. The fourth-order valence-electron chi connectivity index (χ4n) is 2.32. The van der Waals surface area contributed by atoms with Crippen LogP contribution < -0.4 is 5.32 Å². The van der Waals surface area contributed by atoms with E-state index in [9.17, 15) is 0 Å². The van der Waals surface area contributed by atoms with E-state index >= 15 is 0 Å². The van der Waals surface area contributed by atoms with Crippen molar-refractivity contribution in [3.63, 3.8) is 0 Å². The predicted molar refractivity (Wildman–Crippen MR) is 91.4 cm³/mol. The van der Waals surface area contributed by atoms with Crippen molar-refractivity contribution in [2.75, 3.05) is 6.54 Å². The number of nitrogens with one attached hydrogen (secondary N) is 1. The lowest BCUT2D eigenvalue weighted by molar-refractivity contribution is 0.467. The zero-order chi connectivity index (χ0) is 15.4. The summed E-state index contributed by atoms with van der Waals surface area (Å²) in [5.74, 6) is 0. The van der Waals surface area contributed by atoms with E-state index < -0.39 is 0 Å². The van der Waals surface area contributed by atoms with Crippen LogP contribution in [0.3, 0.4) is 0 Å². The monoisotopic (exact) mass is 325 g/mol. The maximum Gasteiger partial charge on any atom is 0.0644 e. The molecule has 2 unspecified atom stereocenters. The first kappa shape index (κ1) is 16.5. The molecule has 0 saturated heterocycles. The second-order valence-electron chi connectivity index (χ2n) is 5.46. The molecule has 0 aliphatic rings. The number of hydrogen-bond donors (Lipinski definition) is 1. The van der Waals surface area contributed by atoms with Gasteiger partial charge in [0, 0.05) is 29.6 Å². The van der Waals surface area contributed by atoms with E-state index in [-0.39, 0.29) is 6.04 Å². The molecule has 5 heteroatoms. The van der Waals surface area contributed by atoms with Crippen LogP contribution in [-0.2, 0) is 6.42 Å². The molecule has 0 fully saturated rings. The number of hydrogen-bond acceptors (Lipinski definition) is 3. The van der Waals surface area contributed by atoms with Crippen LogP contribution in [0, 0.1) is 6.92 Å².